The van der Waals surface area contributed by atoms with E-state index in [0.717, 1.165) is 222 Å². The number of epoxide rings is 6. The first-order chi connectivity index (χ1) is 71.3. The Morgan fingerprint density at radius 3 is 0.469 bits per heavy atom. The summed E-state index contributed by atoms with van der Waals surface area (Å²) in [6.45, 7) is 25.0. The van der Waals surface area contributed by atoms with Gasteiger partial charge in [0, 0.05) is 43.3 Å². The van der Waals surface area contributed by atoms with E-state index in [9.17, 15) is 14.4 Å². The Kier molecular flexibility index (Phi) is 41.3. The molecular formula is C121H139N3O21. The molecule has 3 N–H and O–H groups in total. The summed E-state index contributed by atoms with van der Waals surface area (Å²) >= 11 is 0. The van der Waals surface area contributed by atoms with E-state index < -0.39 is 18.3 Å². The van der Waals surface area contributed by atoms with Gasteiger partial charge in [-0.15, -0.1) is 0 Å². The van der Waals surface area contributed by atoms with Gasteiger partial charge in [0.2, 0.25) is 0 Å². The molecule has 6 heterocycles. The van der Waals surface area contributed by atoms with Crippen LogP contribution in [0.4, 0.5) is 14.4 Å². The number of carbonyl (C=O) groups excluding carboxylic acids is 3. The van der Waals surface area contributed by atoms with Gasteiger partial charge >= 0.3 is 18.3 Å². The van der Waals surface area contributed by atoms with Crippen molar-refractivity contribution in [3.8, 4) is 69.0 Å². The van der Waals surface area contributed by atoms with Crippen LogP contribution in [0.2, 0.25) is 0 Å². The molecule has 3 amide bonds. The molecule has 12 aromatic carbocycles. The fourth-order valence-electron chi connectivity index (χ4n) is 16.0. The summed E-state index contributed by atoms with van der Waals surface area (Å²) in [7, 11) is 0. The summed E-state index contributed by atoms with van der Waals surface area (Å²) in [6, 6.07) is 97.7. The van der Waals surface area contributed by atoms with Crippen molar-refractivity contribution in [2.45, 2.75) is 179 Å². The molecule has 6 fully saturated rings. The van der Waals surface area contributed by atoms with Crippen molar-refractivity contribution in [1.82, 2.24) is 16.0 Å². The molecule has 6 aliphatic heterocycles. The predicted molar refractivity (Wildman–Crippen MR) is 561 cm³/mol. The first kappa shape index (κ1) is 106. The van der Waals surface area contributed by atoms with Gasteiger partial charge in [0.05, 0.1) is 59.5 Å². The van der Waals surface area contributed by atoms with Crippen LogP contribution in [0.15, 0.2) is 291 Å². The predicted octanol–water partition coefficient (Wildman–Crippen LogP) is 24.3. The van der Waals surface area contributed by atoms with Gasteiger partial charge in [-0.05, 0) is 251 Å². The van der Waals surface area contributed by atoms with E-state index in [1.807, 2.05) is 121 Å². The Labute approximate surface area is 853 Å². The zero-order valence-electron chi connectivity index (χ0n) is 84.3. The SMILES string of the molecule is CCCCNC(=O)Oc1ccc(C(c2ccc(OCC3CO3)cc2)c2ccc(OC(=O)NCCCC)cc2)cc1.CCCCNC(=O)Oc1ccc(C(c2ccc(OCC3CO3)cc2)c2ccc(OCC3CO3)cc2)cc1.CCCCOc1ccc(C(c2ccc(OCC3CO3)cc2)c2ccc(OCC3CO3)cc2)cc1.CCCCOc1ccc(C(c2ccc(OCCCC)cc2)c2ccc(OCC3CO3)cc2)cc1. The van der Waals surface area contributed by atoms with Crippen LogP contribution < -0.4 is 72.8 Å². The largest absolute Gasteiger partial charge is 0.494 e. The lowest BCUT2D eigenvalue weighted by Crippen LogP contribution is -2.27. The topological polar surface area (TPSA) is 273 Å². The van der Waals surface area contributed by atoms with E-state index in [4.69, 9.17) is 85.3 Å². The van der Waals surface area contributed by atoms with E-state index >= 15 is 0 Å². The number of benzene rings is 12. The van der Waals surface area contributed by atoms with Gasteiger partial charge < -0.3 is 101 Å². The van der Waals surface area contributed by atoms with Crippen molar-refractivity contribution in [2.24, 2.45) is 0 Å². The van der Waals surface area contributed by atoms with Crippen molar-refractivity contribution in [3.05, 3.63) is 358 Å². The number of hydrogen-bond acceptors (Lipinski definition) is 21. The number of ether oxygens (including phenoxy) is 18. The minimum Gasteiger partial charge on any atom is -0.494 e. The fourth-order valence-corrected chi connectivity index (χ4v) is 16.0. The molecule has 0 saturated carbocycles. The molecule has 18 rings (SSSR count). The molecule has 6 aliphatic rings. The van der Waals surface area contributed by atoms with Crippen molar-refractivity contribution in [1.29, 1.82) is 0 Å². The van der Waals surface area contributed by atoms with E-state index in [-0.39, 0.29) is 60.3 Å². The average molecular weight is 1970 g/mol. The second-order valence-corrected chi connectivity index (χ2v) is 36.8. The van der Waals surface area contributed by atoms with Crippen LogP contribution in [0.5, 0.6) is 69.0 Å². The monoisotopic (exact) mass is 1970 g/mol. The van der Waals surface area contributed by atoms with Crippen LogP contribution in [0, 0.1) is 0 Å². The van der Waals surface area contributed by atoms with Gasteiger partial charge in [0.15, 0.2) is 0 Å². The zero-order valence-corrected chi connectivity index (χ0v) is 84.3. The molecule has 0 radical (unpaired) electrons. The van der Waals surface area contributed by atoms with Crippen LogP contribution in [-0.4, -0.2) is 174 Å². The number of hydrogen-bond donors (Lipinski definition) is 3. The summed E-state index contributed by atoms with van der Waals surface area (Å²) in [4.78, 5) is 36.2. The Bertz CT molecular complexity index is 5540. The number of rotatable bonds is 54. The quantitative estimate of drug-likeness (QED) is 0.0181. The lowest BCUT2D eigenvalue weighted by molar-refractivity contribution is 0.199. The first-order valence-electron chi connectivity index (χ1n) is 51.7. The molecule has 6 saturated heterocycles. The molecule has 145 heavy (non-hydrogen) atoms. The molecule has 0 bridgehead atoms. The highest BCUT2D eigenvalue weighted by Gasteiger charge is 2.31. The van der Waals surface area contributed by atoms with Gasteiger partial charge in [0.25, 0.3) is 0 Å². The maximum atomic E-state index is 12.1. The van der Waals surface area contributed by atoms with Crippen LogP contribution in [0.3, 0.4) is 0 Å². The lowest BCUT2D eigenvalue weighted by Gasteiger charge is -2.20. The average Bonchev–Trinajstić information content (AvgIpc) is 1.52. The summed E-state index contributed by atoms with van der Waals surface area (Å²) in [5.74, 6) is 9.30. The zero-order chi connectivity index (χ0) is 100. The van der Waals surface area contributed by atoms with Crippen molar-refractivity contribution in [3.63, 3.8) is 0 Å². The molecule has 24 heteroatoms. The highest BCUT2D eigenvalue weighted by molar-refractivity contribution is 5.72. The summed E-state index contributed by atoms with van der Waals surface area (Å²) in [6.07, 6.45) is 12.3. The third-order valence-electron chi connectivity index (χ3n) is 24.9. The number of carbonyl (C=O) groups is 3. The molecule has 6 atom stereocenters. The second kappa shape index (κ2) is 56.6. The number of nitrogens with one attached hydrogen (secondary N) is 3. The van der Waals surface area contributed by atoms with Gasteiger partial charge in [-0.1, -0.05) is 226 Å². The Balaban J connectivity index is 0.000000146. The van der Waals surface area contributed by atoms with Crippen molar-refractivity contribution < 1.29 is 99.6 Å². The van der Waals surface area contributed by atoms with Gasteiger partial charge in [-0.3, -0.25) is 0 Å². The molecule has 0 aromatic heterocycles. The highest BCUT2D eigenvalue weighted by atomic mass is 16.6. The first-order valence-corrected chi connectivity index (χ1v) is 51.7. The third-order valence-corrected chi connectivity index (χ3v) is 24.9. The minimum absolute atomic E-state index is 0.0194. The fraction of sp³-hybridized carbons (Fsp3) is 0.380. The lowest BCUT2D eigenvalue weighted by atomic mass is 9.85. The Hall–Kier alpha value is -13.6. The molecule has 0 spiro atoms. The number of amides is 3. The van der Waals surface area contributed by atoms with Crippen molar-refractivity contribution >= 4 is 18.3 Å². The minimum atomic E-state index is -0.459. The van der Waals surface area contributed by atoms with E-state index in [0.29, 0.717) is 76.5 Å². The summed E-state index contributed by atoms with van der Waals surface area (Å²) in [5.41, 5.74) is 13.7. The molecule has 24 nitrogen and oxygen atoms in total. The van der Waals surface area contributed by atoms with Gasteiger partial charge in [-0.25, -0.2) is 14.4 Å². The summed E-state index contributed by atoms with van der Waals surface area (Å²) < 4.78 is 100. The van der Waals surface area contributed by atoms with Crippen LogP contribution in [0.25, 0.3) is 0 Å². The Morgan fingerprint density at radius 2 is 0.338 bits per heavy atom. The van der Waals surface area contributed by atoms with Gasteiger partial charge in [0.1, 0.15) is 145 Å². The highest BCUT2D eigenvalue weighted by Crippen LogP contribution is 2.41. The standard InChI is InChI=1S/C32H38N2O6.C30H33NO6.C30H36O4.C29H32O5/c1-3-5-19-33-31(35)39-27-15-9-24(10-16-27)30(23-7-13-26(14-8-23)37-21-29-22-38-29)25-11-17-28(18-12-25)40-32(36)34-20-6-4-2;1-2-3-16-31-30(32)37-26-14-8-23(9-15-26)29(21-4-10-24(11-5-21)33-17-27-19-35-27)22-6-12-25(13-7-22)34-18-28-20-36-28;1-3-5-19-31-26-13-7-23(8-14-26)30(24-9-15-27(16-10-24)32-20-6-4-2)25-11-17-28(18-12-25)33-21-29-22-34-29;1-2-3-16-30-24-10-4-21(5-11-24)29(22-6-12-25(13-7-22)31-17-27-19-33-27)23-8-14-26(15-9-23)32-18-28-20-34-28/h7-18,29-30H,3-6,19-22H2,1-2H3,(H,33,35)(H,34,36);4-15,27-29H,2-3,16-20H2,1H3,(H,31,32);7-18,29-30H,3-6,19-22H2,1-2H3;4-15,27-29H,2-3,16-20H2,1H3. The summed E-state index contributed by atoms with van der Waals surface area (Å²) in [5, 5.41) is 8.29. The molecule has 6 unspecified atom stereocenters. The van der Waals surface area contributed by atoms with Crippen LogP contribution >= 0.6 is 0 Å². The smallest absolute Gasteiger partial charge is 0.412 e. The van der Waals surface area contributed by atoms with Gasteiger partial charge in [-0.2, -0.15) is 0 Å². The van der Waals surface area contributed by atoms with Crippen molar-refractivity contribution in [2.75, 3.05) is 119 Å². The molecular weight excluding hydrogens is 1830 g/mol. The maximum Gasteiger partial charge on any atom is 0.412 e. The van der Waals surface area contributed by atoms with Crippen LogP contribution in [0.1, 0.15) is 209 Å². The Morgan fingerprint density at radius 1 is 0.207 bits per heavy atom. The van der Waals surface area contributed by atoms with E-state index in [1.165, 1.54) is 33.4 Å². The molecule has 12 aromatic rings. The molecule has 0 aliphatic carbocycles. The third kappa shape index (κ3) is 36.0. The number of unbranched alkanes of at least 4 members (excludes halogenated alkanes) is 6. The molecule has 764 valence electrons. The maximum absolute atomic E-state index is 12.1. The van der Waals surface area contributed by atoms with Crippen LogP contribution in [-0.2, 0) is 28.4 Å². The van der Waals surface area contributed by atoms with E-state index in [1.54, 1.807) is 24.3 Å². The normalized spacial score (nSPS) is 16.6. The van der Waals surface area contributed by atoms with E-state index in [2.05, 4.69) is 203 Å². The second-order valence-electron chi connectivity index (χ2n) is 36.8.